The molecule has 8 nitrogen and oxygen atoms in total. The van der Waals surface area contributed by atoms with E-state index in [9.17, 15) is 18.0 Å². The fourth-order valence-electron chi connectivity index (χ4n) is 3.06. The lowest BCUT2D eigenvalue weighted by atomic mass is 10.2. The SMILES string of the molecule is CC(OC(=O)c1ccc(N2CCCS2(=O)=O)cc1)C(=O)Nc1ccc(N(C)C)cc1. The van der Waals surface area contributed by atoms with E-state index in [1.54, 1.807) is 24.3 Å². The quantitative estimate of drug-likeness (QED) is 0.706. The molecule has 0 saturated carbocycles. The number of nitrogens with zero attached hydrogens (tertiary/aromatic N) is 2. The zero-order valence-electron chi connectivity index (χ0n) is 17.2. The molecule has 9 heteroatoms. The van der Waals surface area contributed by atoms with Gasteiger partial charge in [-0.25, -0.2) is 13.2 Å². The van der Waals surface area contributed by atoms with Gasteiger partial charge in [0.15, 0.2) is 6.10 Å². The Bertz CT molecular complexity index is 1020. The van der Waals surface area contributed by atoms with Gasteiger partial charge in [-0.1, -0.05) is 0 Å². The molecule has 2 aromatic carbocycles. The highest BCUT2D eigenvalue weighted by Crippen LogP contribution is 2.24. The van der Waals surface area contributed by atoms with E-state index in [-0.39, 0.29) is 11.3 Å². The lowest BCUT2D eigenvalue weighted by Gasteiger charge is -2.17. The van der Waals surface area contributed by atoms with E-state index in [4.69, 9.17) is 4.74 Å². The van der Waals surface area contributed by atoms with E-state index < -0.39 is 28.0 Å². The molecule has 1 aliphatic heterocycles. The number of nitrogens with one attached hydrogen (secondary N) is 1. The van der Waals surface area contributed by atoms with E-state index in [1.165, 1.54) is 23.4 Å². The van der Waals surface area contributed by atoms with Crippen molar-refractivity contribution < 1.29 is 22.7 Å². The first kappa shape index (κ1) is 21.6. The van der Waals surface area contributed by atoms with Crippen molar-refractivity contribution in [1.82, 2.24) is 0 Å². The normalized spacial score (nSPS) is 16.0. The van der Waals surface area contributed by atoms with Crippen molar-refractivity contribution in [2.75, 3.05) is 40.9 Å². The van der Waals surface area contributed by atoms with Crippen molar-refractivity contribution in [2.24, 2.45) is 0 Å². The summed E-state index contributed by atoms with van der Waals surface area (Å²) in [7, 11) is 0.565. The fraction of sp³-hybridized carbons (Fsp3) is 0.333. The Hall–Kier alpha value is -3.07. The molecule has 0 aliphatic carbocycles. The molecule has 1 aliphatic rings. The summed E-state index contributed by atoms with van der Waals surface area (Å²) in [6, 6.07) is 13.4. The summed E-state index contributed by atoms with van der Waals surface area (Å²) in [5.74, 6) is -0.974. The van der Waals surface area contributed by atoms with Crippen molar-refractivity contribution in [1.29, 1.82) is 0 Å². The minimum Gasteiger partial charge on any atom is -0.449 e. The zero-order valence-corrected chi connectivity index (χ0v) is 18.0. The highest BCUT2D eigenvalue weighted by Gasteiger charge is 2.28. The number of ether oxygens (including phenoxy) is 1. The Morgan fingerprint density at radius 2 is 1.70 bits per heavy atom. The molecule has 1 atom stereocenters. The summed E-state index contributed by atoms with van der Waals surface area (Å²) < 4.78 is 30.6. The van der Waals surface area contributed by atoms with Crippen LogP contribution in [0.4, 0.5) is 17.1 Å². The zero-order chi connectivity index (χ0) is 21.9. The molecule has 0 bridgehead atoms. The third kappa shape index (κ3) is 4.91. The van der Waals surface area contributed by atoms with E-state index in [2.05, 4.69) is 5.32 Å². The number of carbonyl (C=O) groups excluding carboxylic acids is 2. The molecule has 1 unspecified atom stereocenters. The molecule has 1 fully saturated rings. The summed E-state index contributed by atoms with van der Waals surface area (Å²) in [6.07, 6.45) is -0.416. The highest BCUT2D eigenvalue weighted by atomic mass is 32.2. The first-order chi connectivity index (χ1) is 14.2. The van der Waals surface area contributed by atoms with Gasteiger partial charge in [0.25, 0.3) is 5.91 Å². The molecule has 160 valence electrons. The smallest absolute Gasteiger partial charge is 0.338 e. The molecular formula is C21H25N3O5S. The number of hydrogen-bond donors (Lipinski definition) is 1. The Labute approximate surface area is 176 Å². The van der Waals surface area contributed by atoms with Crippen LogP contribution in [0, 0.1) is 0 Å². The van der Waals surface area contributed by atoms with Crippen LogP contribution in [0.2, 0.25) is 0 Å². The minimum atomic E-state index is -3.28. The first-order valence-electron chi connectivity index (χ1n) is 9.57. The molecule has 1 amide bonds. The Kier molecular flexibility index (Phi) is 6.31. The molecule has 3 rings (SSSR count). The van der Waals surface area contributed by atoms with Crippen LogP contribution in [0.3, 0.4) is 0 Å². The van der Waals surface area contributed by atoms with Crippen LogP contribution in [0.25, 0.3) is 0 Å². The lowest BCUT2D eigenvalue weighted by Crippen LogP contribution is -2.30. The van der Waals surface area contributed by atoms with Crippen LogP contribution in [0.5, 0.6) is 0 Å². The van der Waals surface area contributed by atoms with Gasteiger partial charge in [-0.15, -0.1) is 0 Å². The molecule has 1 heterocycles. The number of hydrogen-bond acceptors (Lipinski definition) is 6. The van der Waals surface area contributed by atoms with Crippen LogP contribution >= 0.6 is 0 Å². The largest absolute Gasteiger partial charge is 0.449 e. The molecule has 0 spiro atoms. The van der Waals surface area contributed by atoms with Crippen LogP contribution < -0.4 is 14.5 Å². The molecule has 1 saturated heterocycles. The summed E-state index contributed by atoms with van der Waals surface area (Å²) in [6.45, 7) is 1.92. The van der Waals surface area contributed by atoms with Crippen molar-refractivity contribution >= 4 is 39.0 Å². The topological polar surface area (TPSA) is 96.0 Å². The Morgan fingerprint density at radius 1 is 1.07 bits per heavy atom. The Morgan fingerprint density at radius 3 is 2.23 bits per heavy atom. The predicted molar refractivity (Wildman–Crippen MR) is 116 cm³/mol. The van der Waals surface area contributed by atoms with Gasteiger partial charge in [0.1, 0.15) is 0 Å². The molecule has 2 aromatic rings. The van der Waals surface area contributed by atoms with Gasteiger partial charge < -0.3 is 15.0 Å². The predicted octanol–water partition coefficient (Wildman–Crippen LogP) is 2.48. The average molecular weight is 432 g/mol. The first-order valence-corrected chi connectivity index (χ1v) is 11.2. The minimum absolute atomic E-state index is 0.126. The number of rotatable bonds is 6. The van der Waals surface area contributed by atoms with E-state index in [0.717, 1.165) is 5.69 Å². The van der Waals surface area contributed by atoms with Crippen LogP contribution in [0.1, 0.15) is 23.7 Å². The average Bonchev–Trinajstić information content (AvgIpc) is 3.07. The van der Waals surface area contributed by atoms with Gasteiger partial charge in [-0.2, -0.15) is 0 Å². The fourth-order valence-corrected chi connectivity index (χ4v) is 4.63. The number of amides is 1. The van der Waals surface area contributed by atoms with Gasteiger partial charge in [-0.05, 0) is 61.9 Å². The third-order valence-electron chi connectivity index (χ3n) is 4.79. The summed E-state index contributed by atoms with van der Waals surface area (Å²) in [4.78, 5) is 26.6. The van der Waals surface area contributed by atoms with Crippen molar-refractivity contribution in [3.8, 4) is 0 Å². The second-order valence-corrected chi connectivity index (χ2v) is 9.28. The standard InChI is InChI=1S/C21H25N3O5S/c1-15(20(25)22-17-7-11-18(12-8-17)23(2)3)29-21(26)16-5-9-19(10-6-16)24-13-4-14-30(24,27)28/h5-12,15H,4,13-14H2,1-3H3,(H,22,25). The number of benzene rings is 2. The maximum absolute atomic E-state index is 12.4. The van der Waals surface area contributed by atoms with Crippen LogP contribution in [0.15, 0.2) is 48.5 Å². The second kappa shape index (κ2) is 8.74. The van der Waals surface area contributed by atoms with Gasteiger partial charge in [0, 0.05) is 32.0 Å². The van der Waals surface area contributed by atoms with E-state index in [1.807, 2.05) is 31.1 Å². The van der Waals surface area contributed by atoms with Crippen molar-refractivity contribution in [2.45, 2.75) is 19.4 Å². The summed E-state index contributed by atoms with van der Waals surface area (Å²) >= 11 is 0. The van der Waals surface area contributed by atoms with Gasteiger partial charge >= 0.3 is 5.97 Å². The van der Waals surface area contributed by atoms with Crippen LogP contribution in [-0.4, -0.2) is 52.8 Å². The lowest BCUT2D eigenvalue weighted by molar-refractivity contribution is -0.123. The molecule has 0 aromatic heterocycles. The van der Waals surface area contributed by atoms with Crippen LogP contribution in [-0.2, 0) is 19.6 Å². The van der Waals surface area contributed by atoms with Gasteiger partial charge in [0.05, 0.1) is 17.0 Å². The maximum Gasteiger partial charge on any atom is 0.338 e. The van der Waals surface area contributed by atoms with Gasteiger partial charge in [-0.3, -0.25) is 9.10 Å². The second-order valence-electron chi connectivity index (χ2n) is 7.27. The monoisotopic (exact) mass is 431 g/mol. The van der Waals surface area contributed by atoms with Crippen molar-refractivity contribution in [3.05, 3.63) is 54.1 Å². The number of carbonyl (C=O) groups is 2. The van der Waals surface area contributed by atoms with E-state index >= 15 is 0 Å². The maximum atomic E-state index is 12.4. The third-order valence-corrected chi connectivity index (χ3v) is 6.66. The van der Waals surface area contributed by atoms with E-state index in [0.29, 0.717) is 24.3 Å². The van der Waals surface area contributed by atoms with Crippen molar-refractivity contribution in [3.63, 3.8) is 0 Å². The Balaban J connectivity index is 1.58. The summed E-state index contributed by atoms with van der Waals surface area (Å²) in [5.41, 5.74) is 2.35. The van der Waals surface area contributed by atoms with Gasteiger partial charge in [0.2, 0.25) is 10.0 Å². The molecule has 1 N–H and O–H groups in total. The molecule has 0 radical (unpaired) electrons. The highest BCUT2D eigenvalue weighted by molar-refractivity contribution is 7.93. The summed E-state index contributed by atoms with van der Waals surface area (Å²) in [5, 5.41) is 2.71. The molecular weight excluding hydrogens is 406 g/mol. The number of sulfonamides is 1. The number of anilines is 3. The molecule has 30 heavy (non-hydrogen) atoms. The number of esters is 1.